The fourth-order valence-corrected chi connectivity index (χ4v) is 5.89. The van der Waals surface area contributed by atoms with Crippen LogP contribution in [0.5, 0.6) is 0 Å². The average molecular weight is 527 g/mol. The zero-order chi connectivity index (χ0) is 25.9. The summed E-state index contributed by atoms with van der Waals surface area (Å²) in [7, 11) is 0. The Labute approximate surface area is 217 Å². The largest absolute Gasteiger partial charge is 0.465 e. The number of likely N-dealkylation sites (tertiary alicyclic amines) is 2. The molecule has 13 heteroatoms. The number of piperidine rings is 2. The Morgan fingerprint density at radius 1 is 1.16 bits per heavy atom. The molecule has 3 N–H and O–H groups in total. The third-order valence-electron chi connectivity index (χ3n) is 7.02. The molecule has 5 rings (SSSR count). The Morgan fingerprint density at radius 3 is 2.70 bits per heavy atom. The second kappa shape index (κ2) is 10.8. The van der Waals surface area contributed by atoms with Crippen molar-refractivity contribution in [1.82, 2.24) is 40.0 Å². The van der Waals surface area contributed by atoms with Crippen molar-refractivity contribution in [1.29, 1.82) is 0 Å². The summed E-state index contributed by atoms with van der Waals surface area (Å²) in [5.41, 5.74) is 1.04. The van der Waals surface area contributed by atoms with Gasteiger partial charge >= 0.3 is 6.09 Å². The lowest BCUT2D eigenvalue weighted by Gasteiger charge is -2.43. The molecule has 0 aliphatic carbocycles. The second-order valence-electron chi connectivity index (χ2n) is 9.34. The molecule has 196 valence electrons. The topological polar surface area (TPSA) is 145 Å². The Morgan fingerprint density at radius 2 is 1.95 bits per heavy atom. The fourth-order valence-electron chi connectivity index (χ4n) is 5.10. The molecular formula is C24H30N8O4S. The van der Waals surface area contributed by atoms with Gasteiger partial charge in [0.2, 0.25) is 5.91 Å². The van der Waals surface area contributed by atoms with E-state index in [0.29, 0.717) is 44.7 Å². The van der Waals surface area contributed by atoms with E-state index < -0.39 is 6.09 Å². The van der Waals surface area contributed by atoms with Crippen LogP contribution in [0.25, 0.3) is 16.2 Å². The SMILES string of the molecule is CCC(=O)N1CCC(NC2CC(NC(=O)O)CCN2C(=O)c2ccnc(-c3cnn4ccsc34)n2)CC1. The molecule has 3 aromatic rings. The number of rotatable bonds is 6. The van der Waals surface area contributed by atoms with Crippen molar-refractivity contribution in [2.24, 2.45) is 0 Å². The van der Waals surface area contributed by atoms with Crippen LogP contribution in [-0.4, -0.2) is 90.3 Å². The Balaban J connectivity index is 1.33. The molecule has 0 aromatic carbocycles. The molecule has 0 radical (unpaired) electrons. The molecule has 2 aliphatic heterocycles. The van der Waals surface area contributed by atoms with E-state index in [2.05, 4.69) is 25.7 Å². The van der Waals surface area contributed by atoms with E-state index in [9.17, 15) is 19.5 Å². The Bertz CT molecular complexity index is 1280. The number of amides is 3. The standard InChI is InChI=1S/C24H30N8O4S/c1-2-20(33)30-8-4-15(5-9-30)27-19-13-16(28-24(35)36)6-10-31(19)22(34)18-3-7-25-21(29-18)17-14-26-32-11-12-37-23(17)32/h3,7,11-12,14-16,19,27-28H,2,4-6,8-10,13H2,1H3,(H,35,36). The number of fused-ring (bicyclic) bond motifs is 1. The van der Waals surface area contributed by atoms with Gasteiger partial charge in [0.05, 0.1) is 17.9 Å². The Hall–Kier alpha value is -3.58. The minimum absolute atomic E-state index is 0.116. The van der Waals surface area contributed by atoms with Crippen molar-refractivity contribution >= 4 is 34.1 Å². The predicted molar refractivity (Wildman–Crippen MR) is 136 cm³/mol. The van der Waals surface area contributed by atoms with E-state index in [1.807, 2.05) is 23.4 Å². The minimum atomic E-state index is -1.07. The van der Waals surface area contributed by atoms with E-state index in [1.54, 1.807) is 27.9 Å². The Kier molecular flexibility index (Phi) is 7.33. The maximum absolute atomic E-state index is 13.7. The van der Waals surface area contributed by atoms with Crippen LogP contribution in [-0.2, 0) is 4.79 Å². The van der Waals surface area contributed by atoms with E-state index in [1.165, 1.54) is 11.3 Å². The number of hydrogen-bond acceptors (Lipinski definition) is 8. The lowest BCUT2D eigenvalue weighted by atomic mass is 9.98. The molecule has 12 nitrogen and oxygen atoms in total. The fraction of sp³-hybridized carbons (Fsp3) is 0.500. The third-order valence-corrected chi connectivity index (χ3v) is 7.90. The quantitative estimate of drug-likeness (QED) is 0.443. The van der Waals surface area contributed by atoms with Gasteiger partial charge in [-0.05, 0) is 25.3 Å². The van der Waals surface area contributed by atoms with Gasteiger partial charge in [0.1, 0.15) is 10.5 Å². The monoisotopic (exact) mass is 526 g/mol. The van der Waals surface area contributed by atoms with Gasteiger partial charge in [-0.1, -0.05) is 6.92 Å². The number of hydrogen-bond donors (Lipinski definition) is 3. The summed E-state index contributed by atoms with van der Waals surface area (Å²) in [4.78, 5) is 50.5. The predicted octanol–water partition coefficient (Wildman–Crippen LogP) is 2.04. The van der Waals surface area contributed by atoms with Crippen molar-refractivity contribution in [2.45, 2.75) is 57.3 Å². The highest BCUT2D eigenvalue weighted by atomic mass is 32.1. The second-order valence-corrected chi connectivity index (χ2v) is 10.2. The maximum atomic E-state index is 13.7. The normalized spacial score (nSPS) is 20.8. The molecule has 2 unspecified atom stereocenters. The molecule has 2 atom stereocenters. The van der Waals surface area contributed by atoms with Crippen LogP contribution in [0.3, 0.4) is 0 Å². The number of carboxylic acid groups (broad SMARTS) is 1. The van der Waals surface area contributed by atoms with Crippen LogP contribution < -0.4 is 10.6 Å². The molecule has 37 heavy (non-hydrogen) atoms. The number of aromatic nitrogens is 4. The van der Waals surface area contributed by atoms with Gasteiger partial charge < -0.3 is 20.2 Å². The summed E-state index contributed by atoms with van der Waals surface area (Å²) in [6.07, 6.45) is 6.69. The van der Waals surface area contributed by atoms with Crippen LogP contribution in [0, 0.1) is 0 Å². The van der Waals surface area contributed by atoms with Crippen molar-refractivity contribution in [3.8, 4) is 11.4 Å². The highest BCUT2D eigenvalue weighted by molar-refractivity contribution is 7.16. The first kappa shape index (κ1) is 25.1. The minimum Gasteiger partial charge on any atom is -0.465 e. The van der Waals surface area contributed by atoms with Crippen LogP contribution in [0.2, 0.25) is 0 Å². The van der Waals surface area contributed by atoms with Gasteiger partial charge in [-0.3, -0.25) is 14.9 Å². The van der Waals surface area contributed by atoms with Crippen LogP contribution in [0.15, 0.2) is 30.0 Å². The average Bonchev–Trinajstić information content (AvgIpc) is 3.53. The first-order valence-electron chi connectivity index (χ1n) is 12.5. The van der Waals surface area contributed by atoms with Gasteiger partial charge in [-0.2, -0.15) is 5.10 Å². The molecule has 3 aromatic heterocycles. The summed E-state index contributed by atoms with van der Waals surface area (Å²) in [6, 6.07) is 1.46. The lowest BCUT2D eigenvalue weighted by Crippen LogP contribution is -2.60. The maximum Gasteiger partial charge on any atom is 0.404 e. The summed E-state index contributed by atoms with van der Waals surface area (Å²) in [6.45, 7) is 3.58. The molecule has 2 saturated heterocycles. The van der Waals surface area contributed by atoms with Crippen LogP contribution in [0.1, 0.15) is 49.5 Å². The van der Waals surface area contributed by atoms with E-state index in [4.69, 9.17) is 0 Å². The lowest BCUT2D eigenvalue weighted by molar-refractivity contribution is -0.132. The summed E-state index contributed by atoms with van der Waals surface area (Å²) in [5.74, 6) is 0.350. The number of nitrogens with zero attached hydrogens (tertiary/aromatic N) is 6. The molecule has 0 bridgehead atoms. The zero-order valence-corrected chi connectivity index (χ0v) is 21.4. The molecule has 5 heterocycles. The summed E-state index contributed by atoms with van der Waals surface area (Å²) in [5, 5.41) is 21.6. The van der Waals surface area contributed by atoms with Gasteiger partial charge in [-0.15, -0.1) is 11.3 Å². The van der Waals surface area contributed by atoms with Gasteiger partial charge in [-0.25, -0.2) is 19.3 Å². The first-order valence-corrected chi connectivity index (χ1v) is 13.4. The summed E-state index contributed by atoms with van der Waals surface area (Å²) >= 11 is 1.52. The van der Waals surface area contributed by atoms with E-state index in [0.717, 1.165) is 23.2 Å². The number of nitrogens with one attached hydrogen (secondary N) is 2. The highest BCUT2D eigenvalue weighted by Crippen LogP contribution is 2.26. The summed E-state index contributed by atoms with van der Waals surface area (Å²) < 4.78 is 1.75. The van der Waals surface area contributed by atoms with E-state index >= 15 is 0 Å². The molecule has 2 fully saturated rings. The molecular weight excluding hydrogens is 496 g/mol. The number of thiazole rings is 1. The van der Waals surface area contributed by atoms with Crippen molar-refractivity contribution in [2.75, 3.05) is 19.6 Å². The van der Waals surface area contributed by atoms with Crippen molar-refractivity contribution < 1.29 is 19.5 Å². The third kappa shape index (κ3) is 5.42. The van der Waals surface area contributed by atoms with Crippen LogP contribution >= 0.6 is 11.3 Å². The molecule has 2 aliphatic rings. The molecule has 0 saturated carbocycles. The highest BCUT2D eigenvalue weighted by Gasteiger charge is 2.35. The van der Waals surface area contributed by atoms with Gasteiger partial charge in [0.15, 0.2) is 5.82 Å². The van der Waals surface area contributed by atoms with Gasteiger partial charge in [0, 0.05) is 62.3 Å². The van der Waals surface area contributed by atoms with Gasteiger partial charge in [0.25, 0.3) is 5.91 Å². The zero-order valence-electron chi connectivity index (χ0n) is 20.5. The van der Waals surface area contributed by atoms with Crippen molar-refractivity contribution in [3.63, 3.8) is 0 Å². The molecule has 0 spiro atoms. The van der Waals surface area contributed by atoms with Crippen LogP contribution in [0.4, 0.5) is 4.79 Å². The molecule has 3 amide bonds. The first-order chi connectivity index (χ1) is 17.9. The number of carbonyl (C=O) groups excluding carboxylic acids is 2. The smallest absolute Gasteiger partial charge is 0.404 e. The van der Waals surface area contributed by atoms with Crippen molar-refractivity contribution in [3.05, 3.63) is 35.7 Å². The number of carbonyl (C=O) groups is 3. The van der Waals surface area contributed by atoms with E-state index in [-0.39, 0.29) is 35.8 Å².